The van der Waals surface area contributed by atoms with Crippen molar-refractivity contribution in [3.8, 4) is 0 Å². The van der Waals surface area contributed by atoms with Crippen molar-refractivity contribution < 1.29 is 19.1 Å². The highest BCUT2D eigenvalue weighted by Gasteiger charge is 2.10. The van der Waals surface area contributed by atoms with Gasteiger partial charge in [-0.3, -0.25) is 9.97 Å². The molecule has 3 rings (SSSR count). The molecule has 0 aliphatic rings. The first-order valence-electron chi connectivity index (χ1n) is 7.22. The average Bonchev–Trinajstić information content (AvgIpc) is 2.65. The van der Waals surface area contributed by atoms with Crippen LogP contribution >= 0.6 is 0 Å². The van der Waals surface area contributed by atoms with Gasteiger partial charge in [0.15, 0.2) is 0 Å². The Balaban J connectivity index is 1.67. The lowest BCUT2D eigenvalue weighted by Crippen LogP contribution is -2.06. The minimum Gasteiger partial charge on any atom is -0.465 e. The van der Waals surface area contributed by atoms with Gasteiger partial charge in [-0.15, -0.1) is 0 Å². The Morgan fingerprint density at radius 3 is 2.25 bits per heavy atom. The summed E-state index contributed by atoms with van der Waals surface area (Å²) < 4.78 is 9.92. The lowest BCUT2D eigenvalue weighted by atomic mass is 10.1. The third-order valence-electron chi connectivity index (χ3n) is 3.45. The summed E-state index contributed by atoms with van der Waals surface area (Å²) in [6.45, 7) is 0.110. The molecule has 2 aromatic carbocycles. The van der Waals surface area contributed by atoms with Crippen molar-refractivity contribution in [2.75, 3.05) is 7.11 Å². The first-order chi connectivity index (χ1) is 11.7. The summed E-state index contributed by atoms with van der Waals surface area (Å²) >= 11 is 0. The van der Waals surface area contributed by atoms with Crippen LogP contribution in [-0.2, 0) is 16.1 Å². The van der Waals surface area contributed by atoms with Gasteiger partial charge >= 0.3 is 11.9 Å². The van der Waals surface area contributed by atoms with Gasteiger partial charge in [0.2, 0.25) is 0 Å². The van der Waals surface area contributed by atoms with Crippen LogP contribution in [0.4, 0.5) is 0 Å². The molecule has 120 valence electrons. The molecule has 0 saturated carbocycles. The van der Waals surface area contributed by atoms with E-state index in [1.807, 2.05) is 0 Å². The normalized spacial score (nSPS) is 10.4. The van der Waals surface area contributed by atoms with E-state index in [1.165, 1.54) is 7.11 Å². The standard InChI is InChI=1S/C18H14N2O4/c1-23-17(21)13-4-2-12(3-5-13)11-24-18(22)14-6-7-15-16(10-14)20-9-8-19-15/h2-10H,11H2,1H3. The number of carbonyl (C=O) groups is 2. The molecule has 6 nitrogen and oxygen atoms in total. The largest absolute Gasteiger partial charge is 0.465 e. The molecule has 0 bridgehead atoms. The van der Waals surface area contributed by atoms with Gasteiger partial charge in [-0.25, -0.2) is 9.59 Å². The molecule has 1 aromatic heterocycles. The highest BCUT2D eigenvalue weighted by molar-refractivity contribution is 5.93. The molecule has 6 heteroatoms. The molecule has 3 aromatic rings. The van der Waals surface area contributed by atoms with Crippen LogP contribution in [0, 0.1) is 0 Å². The third kappa shape index (κ3) is 3.38. The van der Waals surface area contributed by atoms with Crippen molar-refractivity contribution in [2.45, 2.75) is 6.61 Å². The van der Waals surface area contributed by atoms with E-state index in [0.717, 1.165) is 5.56 Å². The molecule has 0 aliphatic heterocycles. The van der Waals surface area contributed by atoms with Gasteiger partial charge in [0.1, 0.15) is 6.61 Å². The van der Waals surface area contributed by atoms with E-state index in [2.05, 4.69) is 14.7 Å². The molecule has 0 fully saturated rings. The van der Waals surface area contributed by atoms with Crippen molar-refractivity contribution >= 4 is 23.0 Å². The molecule has 0 radical (unpaired) electrons. The van der Waals surface area contributed by atoms with Crippen LogP contribution in [0.3, 0.4) is 0 Å². The lowest BCUT2D eigenvalue weighted by molar-refractivity contribution is 0.0471. The number of nitrogens with zero attached hydrogens (tertiary/aromatic N) is 2. The first kappa shape index (κ1) is 15.6. The second kappa shape index (κ2) is 6.87. The van der Waals surface area contributed by atoms with Gasteiger partial charge in [-0.05, 0) is 35.9 Å². The predicted octanol–water partition coefficient (Wildman–Crippen LogP) is 2.77. The van der Waals surface area contributed by atoms with Crippen molar-refractivity contribution in [3.05, 3.63) is 71.5 Å². The van der Waals surface area contributed by atoms with E-state index in [0.29, 0.717) is 22.2 Å². The molecule has 0 N–H and O–H groups in total. The van der Waals surface area contributed by atoms with E-state index < -0.39 is 11.9 Å². The van der Waals surface area contributed by atoms with Gasteiger partial charge in [-0.2, -0.15) is 0 Å². The number of aromatic nitrogens is 2. The second-order valence-electron chi connectivity index (χ2n) is 5.02. The molecule has 0 spiro atoms. The van der Waals surface area contributed by atoms with E-state index >= 15 is 0 Å². The summed E-state index contributed by atoms with van der Waals surface area (Å²) in [5, 5.41) is 0. The summed E-state index contributed by atoms with van der Waals surface area (Å²) in [4.78, 5) is 31.8. The smallest absolute Gasteiger partial charge is 0.338 e. The maximum atomic E-state index is 12.1. The van der Waals surface area contributed by atoms with Crippen molar-refractivity contribution in [2.24, 2.45) is 0 Å². The van der Waals surface area contributed by atoms with Crippen LogP contribution in [-0.4, -0.2) is 29.0 Å². The molecule has 24 heavy (non-hydrogen) atoms. The van der Waals surface area contributed by atoms with E-state index in [4.69, 9.17) is 4.74 Å². The van der Waals surface area contributed by atoms with Gasteiger partial charge in [0.25, 0.3) is 0 Å². The summed E-state index contributed by atoms with van der Waals surface area (Å²) in [6.07, 6.45) is 3.17. The van der Waals surface area contributed by atoms with E-state index in [9.17, 15) is 9.59 Å². The number of benzene rings is 2. The fraction of sp³-hybridized carbons (Fsp3) is 0.111. The third-order valence-corrected chi connectivity index (χ3v) is 3.45. The Hall–Kier alpha value is -3.28. The van der Waals surface area contributed by atoms with Gasteiger partial charge in [0.05, 0.1) is 29.3 Å². The molecule has 0 aliphatic carbocycles. The predicted molar refractivity (Wildman–Crippen MR) is 86.4 cm³/mol. The zero-order chi connectivity index (χ0) is 16.9. The molecular weight excluding hydrogens is 308 g/mol. The van der Waals surface area contributed by atoms with Crippen molar-refractivity contribution in [1.82, 2.24) is 9.97 Å². The highest BCUT2D eigenvalue weighted by Crippen LogP contribution is 2.13. The number of hydrogen-bond donors (Lipinski definition) is 0. The quantitative estimate of drug-likeness (QED) is 0.687. The summed E-state index contributed by atoms with van der Waals surface area (Å²) in [6, 6.07) is 11.7. The van der Waals surface area contributed by atoms with Gasteiger partial charge in [0, 0.05) is 12.4 Å². The van der Waals surface area contributed by atoms with Crippen LogP contribution in [0.2, 0.25) is 0 Å². The summed E-state index contributed by atoms with van der Waals surface area (Å²) in [5.74, 6) is -0.851. The monoisotopic (exact) mass is 322 g/mol. The number of methoxy groups -OCH3 is 1. The Kier molecular flexibility index (Phi) is 4.47. The number of rotatable bonds is 4. The minimum absolute atomic E-state index is 0.110. The second-order valence-corrected chi connectivity index (χ2v) is 5.02. The Labute approximate surface area is 138 Å². The zero-order valence-electron chi connectivity index (χ0n) is 12.9. The number of fused-ring (bicyclic) bond motifs is 1. The maximum Gasteiger partial charge on any atom is 0.338 e. The zero-order valence-corrected chi connectivity index (χ0v) is 12.9. The summed E-state index contributed by atoms with van der Waals surface area (Å²) in [5.41, 5.74) is 2.98. The molecule has 0 amide bonds. The first-order valence-corrected chi connectivity index (χ1v) is 7.22. The van der Waals surface area contributed by atoms with Crippen molar-refractivity contribution in [3.63, 3.8) is 0 Å². The molecular formula is C18H14N2O4. The van der Waals surface area contributed by atoms with E-state index in [1.54, 1.807) is 54.9 Å². The SMILES string of the molecule is COC(=O)c1ccc(COC(=O)c2ccc3nccnc3c2)cc1. The molecule has 0 saturated heterocycles. The topological polar surface area (TPSA) is 78.4 Å². The number of carbonyl (C=O) groups excluding carboxylic acids is 2. The van der Waals surface area contributed by atoms with Gasteiger partial charge in [-0.1, -0.05) is 12.1 Å². The van der Waals surface area contributed by atoms with Crippen LogP contribution in [0.15, 0.2) is 54.9 Å². The minimum atomic E-state index is -0.445. The van der Waals surface area contributed by atoms with Crippen LogP contribution < -0.4 is 0 Å². The van der Waals surface area contributed by atoms with E-state index in [-0.39, 0.29) is 6.61 Å². The molecule has 0 unspecified atom stereocenters. The lowest BCUT2D eigenvalue weighted by Gasteiger charge is -2.06. The number of hydrogen-bond acceptors (Lipinski definition) is 6. The van der Waals surface area contributed by atoms with Crippen molar-refractivity contribution in [1.29, 1.82) is 0 Å². The molecule has 0 atom stereocenters. The molecule has 1 heterocycles. The van der Waals surface area contributed by atoms with Crippen LogP contribution in [0.25, 0.3) is 11.0 Å². The fourth-order valence-corrected chi connectivity index (χ4v) is 2.18. The van der Waals surface area contributed by atoms with Crippen LogP contribution in [0.5, 0.6) is 0 Å². The average molecular weight is 322 g/mol. The number of esters is 2. The maximum absolute atomic E-state index is 12.1. The Morgan fingerprint density at radius 2 is 1.54 bits per heavy atom. The Morgan fingerprint density at radius 1 is 0.875 bits per heavy atom. The Bertz CT molecular complexity index is 891. The van der Waals surface area contributed by atoms with Crippen LogP contribution in [0.1, 0.15) is 26.3 Å². The van der Waals surface area contributed by atoms with Gasteiger partial charge < -0.3 is 9.47 Å². The fourth-order valence-electron chi connectivity index (χ4n) is 2.18. The number of ether oxygens (including phenoxy) is 2. The highest BCUT2D eigenvalue weighted by atomic mass is 16.5. The summed E-state index contributed by atoms with van der Waals surface area (Å²) in [7, 11) is 1.33.